The Morgan fingerprint density at radius 2 is 2.31 bits per heavy atom. The Morgan fingerprint density at radius 1 is 1.44 bits per heavy atom. The van der Waals surface area contributed by atoms with Crippen LogP contribution in [0.2, 0.25) is 0 Å². The van der Waals surface area contributed by atoms with E-state index in [4.69, 9.17) is 0 Å². The third-order valence-electron chi connectivity index (χ3n) is 3.98. The molecule has 1 aromatic heterocycles. The van der Waals surface area contributed by atoms with Gasteiger partial charge in [0.25, 0.3) is 0 Å². The Bertz CT molecular complexity index is 384. The summed E-state index contributed by atoms with van der Waals surface area (Å²) in [5, 5.41) is 3.68. The topological polar surface area (TPSA) is 33.1 Å². The van der Waals surface area contributed by atoms with Crippen LogP contribution in [0, 0.1) is 5.92 Å². The highest BCUT2D eigenvalue weighted by Crippen LogP contribution is 2.32. The molecule has 1 fully saturated rings. The number of hydrogen-bond donors (Lipinski definition) is 1. The minimum absolute atomic E-state index is 0.515. The fourth-order valence-corrected chi connectivity index (χ4v) is 3.15. The van der Waals surface area contributed by atoms with Crippen LogP contribution in [0.25, 0.3) is 0 Å². The lowest BCUT2D eigenvalue weighted by atomic mass is 9.91. The molecule has 0 aromatic carbocycles. The van der Waals surface area contributed by atoms with Gasteiger partial charge >= 0.3 is 0 Å². The van der Waals surface area contributed by atoms with Gasteiger partial charge < -0.3 is 14.8 Å². The van der Waals surface area contributed by atoms with Crippen LogP contribution in [0.5, 0.6) is 0 Å². The molecule has 2 unspecified atom stereocenters. The van der Waals surface area contributed by atoms with Gasteiger partial charge in [-0.3, -0.25) is 0 Å². The highest BCUT2D eigenvalue weighted by Gasteiger charge is 2.33. The van der Waals surface area contributed by atoms with Crippen molar-refractivity contribution in [2.24, 2.45) is 13.0 Å². The number of imidazole rings is 1. The molecule has 16 heavy (non-hydrogen) atoms. The lowest BCUT2D eigenvalue weighted by Crippen LogP contribution is -2.36. The molecule has 0 spiro atoms. The molecule has 2 aliphatic rings. The average Bonchev–Trinajstić information content (AvgIpc) is 2.86. The summed E-state index contributed by atoms with van der Waals surface area (Å²) in [4.78, 5) is 6.93. The van der Waals surface area contributed by atoms with Gasteiger partial charge in [0.1, 0.15) is 0 Å². The Kier molecular flexibility index (Phi) is 2.48. The zero-order chi connectivity index (χ0) is 11.1. The number of fused-ring (bicyclic) bond motifs is 1. The summed E-state index contributed by atoms with van der Waals surface area (Å²) in [6.07, 6.45) is 4.34. The smallest absolute Gasteiger partial charge is 0.0949 e. The van der Waals surface area contributed by atoms with Gasteiger partial charge in [-0.15, -0.1) is 0 Å². The van der Waals surface area contributed by atoms with Crippen molar-refractivity contribution in [3.8, 4) is 0 Å². The third-order valence-corrected chi connectivity index (χ3v) is 3.98. The van der Waals surface area contributed by atoms with Gasteiger partial charge in [-0.2, -0.15) is 0 Å². The maximum absolute atomic E-state index is 4.51. The minimum Gasteiger partial charge on any atom is -0.336 e. The predicted octanol–water partition coefficient (Wildman–Crippen LogP) is 0.559. The lowest BCUT2D eigenvalue weighted by Gasteiger charge is -2.29. The summed E-state index contributed by atoms with van der Waals surface area (Å²) in [7, 11) is 4.33. The van der Waals surface area contributed by atoms with Crippen molar-refractivity contribution in [3.63, 3.8) is 0 Å². The third kappa shape index (κ3) is 1.57. The van der Waals surface area contributed by atoms with Crippen LogP contribution in [0.1, 0.15) is 23.9 Å². The average molecular weight is 220 g/mol. The maximum atomic E-state index is 4.51. The summed E-state index contributed by atoms with van der Waals surface area (Å²) in [5.41, 5.74) is 2.73. The Morgan fingerprint density at radius 3 is 3.06 bits per heavy atom. The second-order valence-electron chi connectivity index (χ2n) is 5.18. The molecule has 4 nitrogen and oxygen atoms in total. The van der Waals surface area contributed by atoms with Crippen LogP contribution in [0.3, 0.4) is 0 Å². The summed E-state index contributed by atoms with van der Waals surface area (Å²) in [6.45, 7) is 3.52. The van der Waals surface area contributed by atoms with Gasteiger partial charge in [0.05, 0.1) is 23.8 Å². The van der Waals surface area contributed by atoms with Gasteiger partial charge in [0, 0.05) is 26.6 Å². The number of aryl methyl sites for hydroxylation is 1. The predicted molar refractivity (Wildman–Crippen MR) is 63.3 cm³/mol. The van der Waals surface area contributed by atoms with E-state index in [0.29, 0.717) is 6.04 Å². The second kappa shape index (κ2) is 3.86. The molecule has 1 N–H and O–H groups in total. The molecular weight excluding hydrogens is 200 g/mol. The van der Waals surface area contributed by atoms with Crippen molar-refractivity contribution in [2.75, 3.05) is 26.7 Å². The number of nitrogens with one attached hydrogen (secondary N) is 1. The first-order valence-electron chi connectivity index (χ1n) is 6.17. The van der Waals surface area contributed by atoms with Crippen LogP contribution in [-0.2, 0) is 13.5 Å². The van der Waals surface area contributed by atoms with E-state index in [1.165, 1.54) is 30.9 Å². The van der Waals surface area contributed by atoms with Crippen molar-refractivity contribution in [1.29, 1.82) is 0 Å². The van der Waals surface area contributed by atoms with Crippen molar-refractivity contribution in [3.05, 3.63) is 17.7 Å². The van der Waals surface area contributed by atoms with E-state index < -0.39 is 0 Å². The molecule has 4 heteroatoms. The first kappa shape index (κ1) is 10.3. The molecule has 0 radical (unpaired) electrons. The zero-order valence-electron chi connectivity index (χ0n) is 10.1. The van der Waals surface area contributed by atoms with Gasteiger partial charge in [0.2, 0.25) is 0 Å². The second-order valence-corrected chi connectivity index (χ2v) is 5.18. The molecule has 2 aliphatic heterocycles. The summed E-state index contributed by atoms with van der Waals surface area (Å²) < 4.78 is 2.20. The Balaban J connectivity index is 1.89. The number of nitrogens with zero attached hydrogens (tertiary/aromatic N) is 3. The summed E-state index contributed by atoms with van der Waals surface area (Å²) in [6, 6.07) is 0.515. The van der Waals surface area contributed by atoms with E-state index in [-0.39, 0.29) is 0 Å². The molecule has 3 rings (SSSR count). The fourth-order valence-electron chi connectivity index (χ4n) is 3.15. The van der Waals surface area contributed by atoms with Crippen LogP contribution in [0.15, 0.2) is 6.33 Å². The molecule has 3 heterocycles. The van der Waals surface area contributed by atoms with Gasteiger partial charge in [0.15, 0.2) is 0 Å². The molecule has 0 aliphatic carbocycles. The van der Waals surface area contributed by atoms with Gasteiger partial charge in [-0.1, -0.05) is 0 Å². The molecular formula is C12H20N4. The highest BCUT2D eigenvalue weighted by atomic mass is 15.1. The van der Waals surface area contributed by atoms with E-state index in [0.717, 1.165) is 18.9 Å². The van der Waals surface area contributed by atoms with E-state index >= 15 is 0 Å². The molecule has 0 saturated carbocycles. The molecule has 2 atom stereocenters. The Labute approximate surface area is 96.7 Å². The first-order valence-corrected chi connectivity index (χ1v) is 6.17. The van der Waals surface area contributed by atoms with Crippen molar-refractivity contribution in [1.82, 2.24) is 19.8 Å². The van der Waals surface area contributed by atoms with Crippen LogP contribution >= 0.6 is 0 Å². The Hall–Kier alpha value is -0.870. The quantitative estimate of drug-likeness (QED) is 0.750. The molecule has 88 valence electrons. The normalized spacial score (nSPS) is 30.6. The largest absolute Gasteiger partial charge is 0.336 e. The monoisotopic (exact) mass is 220 g/mol. The van der Waals surface area contributed by atoms with E-state index in [1.807, 2.05) is 6.33 Å². The molecule has 1 saturated heterocycles. The molecule has 0 amide bonds. The maximum Gasteiger partial charge on any atom is 0.0949 e. The molecule has 1 aromatic rings. The van der Waals surface area contributed by atoms with Crippen LogP contribution in [-0.4, -0.2) is 41.1 Å². The van der Waals surface area contributed by atoms with Crippen molar-refractivity contribution >= 4 is 0 Å². The van der Waals surface area contributed by atoms with Crippen molar-refractivity contribution in [2.45, 2.75) is 18.9 Å². The number of likely N-dealkylation sites (tertiary alicyclic amines) is 1. The van der Waals surface area contributed by atoms with Crippen LogP contribution in [0.4, 0.5) is 0 Å². The van der Waals surface area contributed by atoms with Crippen LogP contribution < -0.4 is 5.32 Å². The minimum atomic E-state index is 0.515. The SMILES string of the molecule is CN1CCC(C2NCCc3ncn(C)c32)C1. The number of aromatic nitrogens is 2. The molecule has 0 bridgehead atoms. The summed E-state index contributed by atoms with van der Waals surface area (Å²) >= 11 is 0. The van der Waals surface area contributed by atoms with Gasteiger partial charge in [-0.05, 0) is 25.9 Å². The standard InChI is InChI=1S/C12H20N4/c1-15-6-4-9(7-15)11-12-10(3-5-13-11)14-8-16(12)2/h8-9,11,13H,3-7H2,1-2H3. The zero-order valence-corrected chi connectivity index (χ0v) is 10.1. The van der Waals surface area contributed by atoms with E-state index in [1.54, 1.807) is 0 Å². The van der Waals surface area contributed by atoms with E-state index in [9.17, 15) is 0 Å². The van der Waals surface area contributed by atoms with Gasteiger partial charge in [-0.25, -0.2) is 4.98 Å². The number of rotatable bonds is 1. The lowest BCUT2D eigenvalue weighted by molar-refractivity contribution is 0.321. The van der Waals surface area contributed by atoms with E-state index in [2.05, 4.69) is 33.9 Å². The fraction of sp³-hybridized carbons (Fsp3) is 0.750. The highest BCUT2D eigenvalue weighted by molar-refractivity contribution is 5.22. The number of hydrogen-bond acceptors (Lipinski definition) is 3. The van der Waals surface area contributed by atoms with Crippen molar-refractivity contribution < 1.29 is 0 Å². The summed E-state index contributed by atoms with van der Waals surface area (Å²) in [5.74, 6) is 0.749. The first-order chi connectivity index (χ1) is 7.75.